The van der Waals surface area contributed by atoms with Crippen LogP contribution in [0.3, 0.4) is 0 Å². The molecule has 2 aliphatic rings. The molecule has 4 rings (SSSR count). The van der Waals surface area contributed by atoms with Crippen molar-refractivity contribution in [2.24, 2.45) is 16.8 Å². The maximum atomic E-state index is 4.62. The number of aromatic nitrogens is 2. The molecule has 1 aliphatic heterocycles. The van der Waals surface area contributed by atoms with Gasteiger partial charge in [0.2, 0.25) is 0 Å². The molecule has 1 aliphatic carbocycles. The lowest BCUT2D eigenvalue weighted by atomic mass is 9.82. The van der Waals surface area contributed by atoms with Crippen LogP contribution in [0.15, 0.2) is 22.8 Å². The summed E-state index contributed by atoms with van der Waals surface area (Å²) in [6.07, 6.45) is 9.76. The molecule has 1 saturated carbocycles. The van der Waals surface area contributed by atoms with Gasteiger partial charge in [-0.3, -0.25) is 9.39 Å². The summed E-state index contributed by atoms with van der Waals surface area (Å²) in [5.41, 5.74) is 1.07. The SMILES string of the molecule is CN=C(NCc1cn2ccsc2n1)N1CC2CCCCC2C1. The van der Waals surface area contributed by atoms with Crippen LogP contribution in [0.25, 0.3) is 4.96 Å². The third kappa shape index (κ3) is 2.60. The van der Waals surface area contributed by atoms with E-state index in [0.29, 0.717) is 0 Å². The van der Waals surface area contributed by atoms with Crippen LogP contribution in [0.4, 0.5) is 0 Å². The Balaban J connectivity index is 1.39. The van der Waals surface area contributed by atoms with Gasteiger partial charge >= 0.3 is 0 Å². The van der Waals surface area contributed by atoms with Crippen LogP contribution >= 0.6 is 11.3 Å². The highest BCUT2D eigenvalue weighted by Crippen LogP contribution is 2.35. The smallest absolute Gasteiger partial charge is 0.193 e. The molecule has 0 spiro atoms. The second kappa shape index (κ2) is 5.91. The number of fused-ring (bicyclic) bond motifs is 2. The first kappa shape index (κ1) is 14.1. The van der Waals surface area contributed by atoms with Crippen molar-refractivity contribution in [3.63, 3.8) is 0 Å². The zero-order valence-corrected chi connectivity index (χ0v) is 13.9. The van der Waals surface area contributed by atoms with E-state index in [4.69, 9.17) is 0 Å². The van der Waals surface area contributed by atoms with Gasteiger partial charge in [-0.2, -0.15) is 0 Å². The molecule has 2 atom stereocenters. The Morgan fingerprint density at radius 3 is 2.82 bits per heavy atom. The largest absolute Gasteiger partial charge is 0.351 e. The van der Waals surface area contributed by atoms with Crippen molar-refractivity contribution in [1.29, 1.82) is 0 Å². The van der Waals surface area contributed by atoms with Gasteiger partial charge in [-0.25, -0.2) is 4.98 Å². The molecule has 2 aromatic rings. The normalized spacial score (nSPS) is 25.7. The number of rotatable bonds is 2. The van der Waals surface area contributed by atoms with E-state index in [1.807, 2.05) is 7.05 Å². The zero-order valence-electron chi connectivity index (χ0n) is 13.0. The van der Waals surface area contributed by atoms with Crippen molar-refractivity contribution >= 4 is 22.3 Å². The fourth-order valence-corrected chi connectivity index (χ4v) is 4.66. The van der Waals surface area contributed by atoms with E-state index in [0.717, 1.165) is 35.0 Å². The molecule has 1 saturated heterocycles. The van der Waals surface area contributed by atoms with Gasteiger partial charge in [-0.05, 0) is 24.7 Å². The lowest BCUT2D eigenvalue weighted by Crippen LogP contribution is -2.39. The van der Waals surface area contributed by atoms with Crippen LogP contribution in [0.5, 0.6) is 0 Å². The van der Waals surface area contributed by atoms with Crippen LogP contribution in [0, 0.1) is 11.8 Å². The van der Waals surface area contributed by atoms with Gasteiger partial charge in [0.15, 0.2) is 10.9 Å². The number of hydrogen-bond donors (Lipinski definition) is 1. The quantitative estimate of drug-likeness (QED) is 0.684. The average molecular weight is 317 g/mol. The lowest BCUT2D eigenvalue weighted by Gasteiger charge is -2.22. The summed E-state index contributed by atoms with van der Waals surface area (Å²) in [6.45, 7) is 3.08. The van der Waals surface area contributed by atoms with Crippen LogP contribution in [0.2, 0.25) is 0 Å². The summed E-state index contributed by atoms with van der Waals surface area (Å²) in [5, 5.41) is 5.55. The third-order valence-electron chi connectivity index (χ3n) is 5.06. The fourth-order valence-electron chi connectivity index (χ4n) is 3.94. The molecule has 5 nitrogen and oxygen atoms in total. The first-order chi connectivity index (χ1) is 10.8. The van der Waals surface area contributed by atoms with Gasteiger partial charge in [0.1, 0.15) is 0 Å². The Kier molecular flexibility index (Phi) is 3.78. The Bertz CT molecular complexity index is 630. The number of imidazole rings is 1. The van der Waals surface area contributed by atoms with Crippen LogP contribution < -0.4 is 5.32 Å². The predicted molar refractivity (Wildman–Crippen MR) is 90.3 cm³/mol. The van der Waals surface area contributed by atoms with E-state index in [2.05, 4.69) is 42.4 Å². The summed E-state index contributed by atoms with van der Waals surface area (Å²) < 4.78 is 2.08. The van der Waals surface area contributed by atoms with Crippen molar-refractivity contribution in [3.8, 4) is 0 Å². The maximum absolute atomic E-state index is 4.62. The molecule has 2 aromatic heterocycles. The van der Waals surface area contributed by atoms with E-state index >= 15 is 0 Å². The van der Waals surface area contributed by atoms with Gasteiger partial charge in [-0.15, -0.1) is 11.3 Å². The number of hydrogen-bond acceptors (Lipinski definition) is 3. The standard InChI is InChI=1S/C16H23N5S/c1-17-15(21-9-12-4-2-3-5-13(12)10-21)18-8-14-11-20-6-7-22-16(20)19-14/h6-7,11-13H,2-5,8-10H2,1H3,(H,17,18). The molecule has 0 amide bonds. The molecule has 1 N–H and O–H groups in total. The topological polar surface area (TPSA) is 44.9 Å². The Morgan fingerprint density at radius 2 is 2.14 bits per heavy atom. The number of nitrogens with zero attached hydrogens (tertiary/aromatic N) is 4. The van der Waals surface area contributed by atoms with E-state index in [-0.39, 0.29) is 0 Å². The average Bonchev–Trinajstić information content (AvgIpc) is 3.21. The number of guanidine groups is 1. The zero-order chi connectivity index (χ0) is 14.9. The van der Waals surface area contributed by atoms with E-state index in [1.54, 1.807) is 11.3 Å². The molecule has 22 heavy (non-hydrogen) atoms. The Morgan fingerprint density at radius 1 is 1.36 bits per heavy atom. The fraction of sp³-hybridized carbons (Fsp3) is 0.625. The molecule has 0 aromatic carbocycles. The monoisotopic (exact) mass is 317 g/mol. The summed E-state index contributed by atoms with van der Waals surface area (Å²) >= 11 is 1.67. The minimum atomic E-state index is 0.743. The van der Waals surface area contributed by atoms with Crippen LogP contribution in [-0.2, 0) is 6.54 Å². The highest BCUT2D eigenvalue weighted by Gasteiger charge is 2.35. The van der Waals surface area contributed by atoms with E-state index in [9.17, 15) is 0 Å². The van der Waals surface area contributed by atoms with Gasteiger partial charge in [0, 0.05) is 37.9 Å². The highest BCUT2D eigenvalue weighted by molar-refractivity contribution is 7.15. The molecule has 3 heterocycles. The first-order valence-corrected chi connectivity index (χ1v) is 9.08. The molecule has 2 fully saturated rings. The minimum Gasteiger partial charge on any atom is -0.351 e. The summed E-state index contributed by atoms with van der Waals surface area (Å²) in [4.78, 5) is 12.6. The molecule has 6 heteroatoms. The predicted octanol–water partition coefficient (Wildman–Crippen LogP) is 2.59. The molecule has 2 unspecified atom stereocenters. The molecule has 0 radical (unpaired) electrons. The molecule has 0 bridgehead atoms. The minimum absolute atomic E-state index is 0.743. The van der Waals surface area contributed by atoms with E-state index in [1.165, 1.54) is 38.8 Å². The Hall–Kier alpha value is -1.56. The number of aliphatic imine (C=N–C) groups is 1. The van der Waals surface area contributed by atoms with Gasteiger partial charge in [-0.1, -0.05) is 12.8 Å². The molecular formula is C16H23N5S. The first-order valence-electron chi connectivity index (χ1n) is 8.20. The Labute approximate surface area is 135 Å². The van der Waals surface area contributed by atoms with Crippen molar-refractivity contribution < 1.29 is 0 Å². The molecular weight excluding hydrogens is 294 g/mol. The van der Waals surface area contributed by atoms with Crippen molar-refractivity contribution in [3.05, 3.63) is 23.5 Å². The number of thiazole rings is 1. The second-order valence-corrected chi connectivity index (χ2v) is 7.31. The summed E-state index contributed by atoms with van der Waals surface area (Å²) in [5.74, 6) is 2.79. The van der Waals surface area contributed by atoms with E-state index < -0.39 is 0 Å². The van der Waals surface area contributed by atoms with Gasteiger partial charge in [0.05, 0.1) is 12.2 Å². The third-order valence-corrected chi connectivity index (χ3v) is 5.83. The summed E-state index contributed by atoms with van der Waals surface area (Å²) in [6, 6.07) is 0. The van der Waals surface area contributed by atoms with Crippen molar-refractivity contribution in [2.45, 2.75) is 32.2 Å². The highest BCUT2D eigenvalue weighted by atomic mass is 32.1. The van der Waals surface area contributed by atoms with Crippen molar-refractivity contribution in [2.75, 3.05) is 20.1 Å². The van der Waals surface area contributed by atoms with Crippen LogP contribution in [0.1, 0.15) is 31.4 Å². The van der Waals surface area contributed by atoms with Gasteiger partial charge in [0.25, 0.3) is 0 Å². The maximum Gasteiger partial charge on any atom is 0.193 e. The summed E-state index contributed by atoms with van der Waals surface area (Å²) in [7, 11) is 1.88. The lowest BCUT2D eigenvalue weighted by molar-refractivity contribution is 0.299. The van der Waals surface area contributed by atoms with Crippen LogP contribution in [-0.4, -0.2) is 40.4 Å². The number of likely N-dealkylation sites (tertiary alicyclic amines) is 1. The van der Waals surface area contributed by atoms with Crippen molar-refractivity contribution in [1.82, 2.24) is 19.6 Å². The number of nitrogens with one attached hydrogen (secondary N) is 1. The second-order valence-electron chi connectivity index (χ2n) is 6.44. The molecule has 118 valence electrons. The van der Waals surface area contributed by atoms with Gasteiger partial charge < -0.3 is 10.2 Å².